The van der Waals surface area contributed by atoms with Gasteiger partial charge in [-0.25, -0.2) is 4.98 Å². The highest BCUT2D eigenvalue weighted by Crippen LogP contribution is 2.22. The Bertz CT molecular complexity index is 673. The molecule has 0 aliphatic carbocycles. The van der Waals surface area contributed by atoms with E-state index in [1.54, 1.807) is 16.3 Å². The smallest absolute Gasteiger partial charge is 0.262 e. The number of aromatic nitrogens is 2. The molecule has 0 spiro atoms. The zero-order valence-corrected chi connectivity index (χ0v) is 12.3. The predicted octanol–water partition coefficient (Wildman–Crippen LogP) is 3.65. The van der Waals surface area contributed by atoms with Crippen molar-refractivity contribution in [2.75, 3.05) is 5.75 Å². The van der Waals surface area contributed by atoms with Crippen LogP contribution in [0.4, 0.5) is 0 Å². The Hall–Kier alpha value is -1.55. The van der Waals surface area contributed by atoms with E-state index < -0.39 is 0 Å². The summed E-state index contributed by atoms with van der Waals surface area (Å²) in [5, 5.41) is 1.44. The molecule has 1 aromatic heterocycles. The monoisotopic (exact) mass is 274 g/mol. The van der Waals surface area contributed by atoms with Gasteiger partial charge in [0.25, 0.3) is 5.56 Å². The van der Waals surface area contributed by atoms with Crippen molar-refractivity contribution in [3.63, 3.8) is 0 Å². The van der Waals surface area contributed by atoms with E-state index in [2.05, 4.69) is 11.6 Å². The molecule has 0 unspecified atom stereocenters. The minimum atomic E-state index is 0.0322. The van der Waals surface area contributed by atoms with Crippen LogP contribution in [-0.4, -0.2) is 15.3 Å². The summed E-state index contributed by atoms with van der Waals surface area (Å²) >= 11 is 1.56. The van der Waals surface area contributed by atoms with Gasteiger partial charge in [-0.2, -0.15) is 0 Å². The number of fused-ring (bicyclic) bond motifs is 1. The third-order valence-corrected chi connectivity index (χ3v) is 3.92. The fraction of sp³-hybridized carbons (Fsp3) is 0.333. The van der Waals surface area contributed by atoms with E-state index in [0.717, 1.165) is 22.0 Å². The standard InChI is InChI=1S/C15H18N2OS/c1-10(2)9-19-15-16-13-8-6-5-7-12(13)14(18)17(15)11(3)4/h5-8,11H,1,9H2,2-4H3. The predicted molar refractivity (Wildman–Crippen MR) is 81.9 cm³/mol. The lowest BCUT2D eigenvalue weighted by Crippen LogP contribution is -2.25. The molecule has 0 saturated carbocycles. The van der Waals surface area contributed by atoms with Crippen LogP contribution in [0.3, 0.4) is 0 Å². The third kappa shape index (κ3) is 2.89. The quantitative estimate of drug-likeness (QED) is 0.485. The first-order valence-electron chi connectivity index (χ1n) is 6.29. The van der Waals surface area contributed by atoms with Gasteiger partial charge >= 0.3 is 0 Å². The number of para-hydroxylation sites is 1. The Morgan fingerprint density at radius 3 is 2.74 bits per heavy atom. The topological polar surface area (TPSA) is 34.9 Å². The molecule has 0 aliphatic rings. The van der Waals surface area contributed by atoms with Crippen molar-refractivity contribution in [1.82, 2.24) is 9.55 Å². The van der Waals surface area contributed by atoms with E-state index in [-0.39, 0.29) is 11.6 Å². The first-order chi connectivity index (χ1) is 9.00. The average molecular weight is 274 g/mol. The molecule has 4 heteroatoms. The van der Waals surface area contributed by atoms with Gasteiger partial charge in [-0.1, -0.05) is 36.0 Å². The molecule has 0 fully saturated rings. The number of benzene rings is 1. The van der Waals surface area contributed by atoms with Crippen molar-refractivity contribution in [1.29, 1.82) is 0 Å². The molecule has 1 aromatic carbocycles. The van der Waals surface area contributed by atoms with Crippen molar-refractivity contribution in [3.05, 3.63) is 46.8 Å². The third-order valence-electron chi connectivity index (χ3n) is 2.74. The van der Waals surface area contributed by atoms with Crippen molar-refractivity contribution in [3.8, 4) is 0 Å². The molecule has 19 heavy (non-hydrogen) atoms. The second-order valence-electron chi connectivity index (χ2n) is 4.93. The number of nitrogens with zero attached hydrogens (tertiary/aromatic N) is 2. The molecule has 0 aliphatic heterocycles. The highest BCUT2D eigenvalue weighted by molar-refractivity contribution is 7.99. The van der Waals surface area contributed by atoms with Gasteiger partial charge in [0.15, 0.2) is 5.16 Å². The SMILES string of the molecule is C=C(C)CSc1nc2ccccc2c(=O)n1C(C)C. The maximum atomic E-state index is 12.5. The minimum Gasteiger partial charge on any atom is -0.285 e. The summed E-state index contributed by atoms with van der Waals surface area (Å²) in [5.41, 5.74) is 1.86. The highest BCUT2D eigenvalue weighted by atomic mass is 32.2. The first-order valence-corrected chi connectivity index (χ1v) is 7.27. The number of hydrogen-bond donors (Lipinski definition) is 0. The van der Waals surface area contributed by atoms with Gasteiger partial charge in [0.1, 0.15) is 0 Å². The van der Waals surface area contributed by atoms with E-state index in [0.29, 0.717) is 5.39 Å². The Morgan fingerprint density at radius 1 is 1.42 bits per heavy atom. The average Bonchev–Trinajstić information content (AvgIpc) is 2.36. The molecule has 1 heterocycles. The van der Waals surface area contributed by atoms with Crippen LogP contribution in [0.25, 0.3) is 10.9 Å². The van der Waals surface area contributed by atoms with Crippen molar-refractivity contribution >= 4 is 22.7 Å². The summed E-state index contributed by atoms with van der Waals surface area (Å²) in [5.74, 6) is 0.775. The van der Waals surface area contributed by atoms with Crippen LogP contribution in [0, 0.1) is 0 Å². The lowest BCUT2D eigenvalue weighted by atomic mass is 10.2. The minimum absolute atomic E-state index is 0.0322. The van der Waals surface area contributed by atoms with Crippen LogP contribution in [0.15, 0.2) is 46.4 Å². The lowest BCUT2D eigenvalue weighted by molar-refractivity contribution is 0.519. The Kier molecular flexibility index (Phi) is 4.10. The molecule has 0 amide bonds. The van der Waals surface area contributed by atoms with Gasteiger partial charge in [0, 0.05) is 11.8 Å². The second kappa shape index (κ2) is 5.61. The molecule has 0 bridgehead atoms. The number of thioether (sulfide) groups is 1. The van der Waals surface area contributed by atoms with Crippen LogP contribution in [0.2, 0.25) is 0 Å². The summed E-state index contributed by atoms with van der Waals surface area (Å²) in [6.07, 6.45) is 0. The molecule has 0 radical (unpaired) electrons. The molecule has 2 aromatic rings. The molecule has 0 N–H and O–H groups in total. The van der Waals surface area contributed by atoms with E-state index in [9.17, 15) is 4.79 Å². The van der Waals surface area contributed by atoms with Crippen molar-refractivity contribution < 1.29 is 0 Å². The number of hydrogen-bond acceptors (Lipinski definition) is 3. The van der Waals surface area contributed by atoms with Crippen molar-refractivity contribution in [2.45, 2.75) is 32.0 Å². The Labute approximate surface area is 117 Å². The normalized spacial score (nSPS) is 11.2. The molecule has 100 valence electrons. The van der Waals surface area contributed by atoms with Crippen LogP contribution in [0.1, 0.15) is 26.8 Å². The molecular formula is C15H18N2OS. The van der Waals surface area contributed by atoms with Gasteiger partial charge in [0.05, 0.1) is 10.9 Å². The molecule has 2 rings (SSSR count). The van der Waals surface area contributed by atoms with E-state index in [1.165, 1.54) is 0 Å². The Morgan fingerprint density at radius 2 is 2.11 bits per heavy atom. The van der Waals surface area contributed by atoms with Gasteiger partial charge in [-0.15, -0.1) is 0 Å². The van der Waals surface area contributed by atoms with Crippen LogP contribution in [-0.2, 0) is 0 Å². The van der Waals surface area contributed by atoms with Gasteiger partial charge in [0.2, 0.25) is 0 Å². The summed E-state index contributed by atoms with van der Waals surface area (Å²) in [6.45, 7) is 9.88. The zero-order valence-electron chi connectivity index (χ0n) is 11.5. The molecular weight excluding hydrogens is 256 g/mol. The highest BCUT2D eigenvalue weighted by Gasteiger charge is 2.13. The molecule has 3 nitrogen and oxygen atoms in total. The van der Waals surface area contributed by atoms with Crippen LogP contribution < -0.4 is 5.56 Å². The van der Waals surface area contributed by atoms with Gasteiger partial charge in [-0.3, -0.25) is 9.36 Å². The van der Waals surface area contributed by atoms with Crippen LogP contribution in [0.5, 0.6) is 0 Å². The molecule has 0 saturated heterocycles. The van der Waals surface area contributed by atoms with E-state index in [1.807, 2.05) is 45.0 Å². The van der Waals surface area contributed by atoms with Gasteiger partial charge < -0.3 is 0 Å². The maximum absolute atomic E-state index is 12.5. The largest absolute Gasteiger partial charge is 0.285 e. The fourth-order valence-electron chi connectivity index (χ4n) is 1.87. The number of rotatable bonds is 4. The fourth-order valence-corrected chi connectivity index (χ4v) is 2.84. The van der Waals surface area contributed by atoms with E-state index in [4.69, 9.17) is 0 Å². The van der Waals surface area contributed by atoms with Crippen LogP contribution >= 0.6 is 11.8 Å². The second-order valence-corrected chi connectivity index (χ2v) is 5.87. The summed E-state index contributed by atoms with van der Waals surface area (Å²) in [7, 11) is 0. The Balaban J connectivity index is 2.63. The van der Waals surface area contributed by atoms with E-state index >= 15 is 0 Å². The molecule has 0 atom stereocenters. The maximum Gasteiger partial charge on any atom is 0.262 e. The lowest BCUT2D eigenvalue weighted by Gasteiger charge is -2.16. The summed E-state index contributed by atoms with van der Waals surface area (Å²) in [4.78, 5) is 17.1. The zero-order chi connectivity index (χ0) is 14.0. The van der Waals surface area contributed by atoms with Gasteiger partial charge in [-0.05, 0) is 32.9 Å². The van der Waals surface area contributed by atoms with Crippen molar-refractivity contribution in [2.24, 2.45) is 0 Å². The summed E-state index contributed by atoms with van der Waals surface area (Å²) < 4.78 is 1.76. The first kappa shape index (κ1) is 13.9. The summed E-state index contributed by atoms with van der Waals surface area (Å²) in [6, 6.07) is 7.58.